The second-order valence-electron chi connectivity index (χ2n) is 4.71. The summed E-state index contributed by atoms with van der Waals surface area (Å²) in [5.74, 6) is 1.18. The number of carbonyl (C=O) groups is 1. The van der Waals surface area contributed by atoms with Gasteiger partial charge in [0.15, 0.2) is 0 Å². The van der Waals surface area contributed by atoms with Gasteiger partial charge in [0.05, 0.1) is 0 Å². The number of hydrogen-bond donors (Lipinski definition) is 2. The number of carbonyl (C=O) groups excluding carboxylic acids is 1. The van der Waals surface area contributed by atoms with Crippen LogP contribution in [0.15, 0.2) is 23.1 Å². The molecule has 5 heteroatoms. The van der Waals surface area contributed by atoms with E-state index in [1.54, 1.807) is 0 Å². The average molecular weight is 235 g/mol. The quantitative estimate of drug-likeness (QED) is 0.782. The van der Waals surface area contributed by atoms with Gasteiger partial charge in [-0.1, -0.05) is 6.92 Å². The van der Waals surface area contributed by atoms with Gasteiger partial charge in [-0.15, -0.1) is 0 Å². The number of nitrogens with zero attached hydrogens (tertiary/aromatic N) is 1. The maximum Gasteiger partial charge on any atom is 0.251 e. The van der Waals surface area contributed by atoms with Gasteiger partial charge in [-0.05, 0) is 24.3 Å². The lowest BCUT2D eigenvalue weighted by atomic mass is 10.3. The number of aromatic nitrogens is 1. The fraction of sp³-hybridized carbons (Fsp3) is 0.500. The second-order valence-corrected chi connectivity index (χ2v) is 4.71. The zero-order valence-corrected chi connectivity index (χ0v) is 9.85. The summed E-state index contributed by atoms with van der Waals surface area (Å²) in [6, 6.07) is 2.90. The van der Waals surface area contributed by atoms with Crippen molar-refractivity contribution in [1.82, 2.24) is 9.88 Å². The maximum absolute atomic E-state index is 11.6. The molecule has 0 radical (unpaired) electrons. The molecule has 1 aromatic rings. The zero-order valence-electron chi connectivity index (χ0n) is 9.85. The van der Waals surface area contributed by atoms with E-state index in [9.17, 15) is 9.59 Å². The molecule has 0 spiro atoms. The average Bonchev–Trinajstić information content (AvgIpc) is 2.97. The van der Waals surface area contributed by atoms with E-state index in [0.717, 1.165) is 0 Å². The Morgan fingerprint density at radius 3 is 2.94 bits per heavy atom. The SMILES string of the molecule is CC1CC1CNC(=O)Cn1cc(N)ccc1=O. The predicted octanol–water partition coefficient (Wildman–Crippen LogP) is 0.203. The Balaban J connectivity index is 1.89. The molecule has 1 amide bonds. The molecule has 1 fully saturated rings. The first-order valence-electron chi connectivity index (χ1n) is 5.79. The first-order valence-corrected chi connectivity index (χ1v) is 5.79. The molecular formula is C12H17N3O2. The number of pyridine rings is 1. The van der Waals surface area contributed by atoms with Crippen LogP contribution in [0.3, 0.4) is 0 Å². The van der Waals surface area contributed by atoms with Crippen LogP contribution in [0.4, 0.5) is 5.69 Å². The number of hydrogen-bond acceptors (Lipinski definition) is 3. The van der Waals surface area contributed by atoms with Crippen molar-refractivity contribution in [3.8, 4) is 0 Å². The highest BCUT2D eigenvalue weighted by atomic mass is 16.2. The number of rotatable bonds is 4. The first kappa shape index (κ1) is 11.7. The van der Waals surface area contributed by atoms with Crippen molar-refractivity contribution < 1.29 is 4.79 Å². The van der Waals surface area contributed by atoms with Crippen LogP contribution in [0.25, 0.3) is 0 Å². The largest absolute Gasteiger partial charge is 0.398 e. The monoisotopic (exact) mass is 235 g/mol. The Morgan fingerprint density at radius 1 is 1.59 bits per heavy atom. The highest BCUT2D eigenvalue weighted by Crippen LogP contribution is 2.36. The van der Waals surface area contributed by atoms with Crippen molar-refractivity contribution in [1.29, 1.82) is 0 Å². The second kappa shape index (κ2) is 4.61. The van der Waals surface area contributed by atoms with E-state index in [4.69, 9.17) is 5.73 Å². The molecule has 2 unspecified atom stereocenters. The fourth-order valence-electron chi connectivity index (χ4n) is 1.81. The molecule has 1 aliphatic rings. The van der Waals surface area contributed by atoms with E-state index >= 15 is 0 Å². The minimum Gasteiger partial charge on any atom is -0.398 e. The molecule has 5 nitrogen and oxygen atoms in total. The van der Waals surface area contributed by atoms with Crippen LogP contribution in [0.2, 0.25) is 0 Å². The maximum atomic E-state index is 11.6. The van der Waals surface area contributed by atoms with E-state index in [2.05, 4.69) is 12.2 Å². The normalized spacial score (nSPS) is 22.2. The summed E-state index contributed by atoms with van der Waals surface area (Å²) in [6.07, 6.45) is 2.67. The van der Waals surface area contributed by atoms with Gasteiger partial charge in [0, 0.05) is 24.5 Å². The van der Waals surface area contributed by atoms with Gasteiger partial charge in [-0.3, -0.25) is 9.59 Å². The smallest absolute Gasteiger partial charge is 0.251 e. The summed E-state index contributed by atoms with van der Waals surface area (Å²) in [5, 5.41) is 2.83. The predicted molar refractivity (Wildman–Crippen MR) is 65.4 cm³/mol. The third kappa shape index (κ3) is 3.09. The minimum atomic E-state index is -0.214. The van der Waals surface area contributed by atoms with Gasteiger partial charge >= 0.3 is 0 Å². The lowest BCUT2D eigenvalue weighted by Gasteiger charge is -2.07. The molecule has 1 heterocycles. The Hall–Kier alpha value is -1.78. The Morgan fingerprint density at radius 2 is 2.29 bits per heavy atom. The van der Waals surface area contributed by atoms with Gasteiger partial charge in [-0.2, -0.15) is 0 Å². The molecular weight excluding hydrogens is 218 g/mol. The van der Waals surface area contributed by atoms with E-state index in [0.29, 0.717) is 24.1 Å². The van der Waals surface area contributed by atoms with Crippen LogP contribution in [-0.2, 0) is 11.3 Å². The summed E-state index contributed by atoms with van der Waals surface area (Å²) in [5.41, 5.74) is 5.83. The van der Waals surface area contributed by atoms with Gasteiger partial charge in [0.1, 0.15) is 6.54 Å². The first-order chi connectivity index (χ1) is 8.06. The molecule has 1 saturated carbocycles. The lowest BCUT2D eigenvalue weighted by Crippen LogP contribution is -2.33. The fourth-order valence-corrected chi connectivity index (χ4v) is 1.81. The van der Waals surface area contributed by atoms with Crippen molar-refractivity contribution in [2.45, 2.75) is 19.9 Å². The van der Waals surface area contributed by atoms with Crippen molar-refractivity contribution >= 4 is 11.6 Å². The number of anilines is 1. The van der Waals surface area contributed by atoms with Crippen molar-refractivity contribution in [3.05, 3.63) is 28.7 Å². The van der Waals surface area contributed by atoms with Crippen LogP contribution in [0, 0.1) is 11.8 Å². The summed E-state index contributed by atoms with van der Waals surface area (Å²) < 4.78 is 1.32. The Bertz CT molecular complexity index is 481. The molecule has 1 aliphatic carbocycles. The van der Waals surface area contributed by atoms with Crippen molar-refractivity contribution in [2.24, 2.45) is 11.8 Å². The number of nitrogens with one attached hydrogen (secondary N) is 1. The van der Waals surface area contributed by atoms with Gasteiger partial charge < -0.3 is 15.6 Å². The van der Waals surface area contributed by atoms with Crippen molar-refractivity contribution in [3.63, 3.8) is 0 Å². The summed E-state index contributed by atoms with van der Waals surface area (Å²) >= 11 is 0. The molecule has 3 N–H and O–H groups in total. The van der Waals surface area contributed by atoms with E-state index in [1.165, 1.54) is 29.3 Å². The molecule has 1 aromatic heterocycles. The lowest BCUT2D eigenvalue weighted by molar-refractivity contribution is -0.121. The van der Waals surface area contributed by atoms with E-state index in [-0.39, 0.29) is 18.0 Å². The van der Waals surface area contributed by atoms with Crippen LogP contribution in [-0.4, -0.2) is 17.0 Å². The molecule has 92 valence electrons. The standard InChI is InChI=1S/C12H17N3O2/c1-8-4-9(8)5-14-11(16)7-15-6-10(13)2-3-12(15)17/h2-3,6,8-9H,4-5,7,13H2,1H3,(H,14,16). The highest BCUT2D eigenvalue weighted by molar-refractivity contribution is 5.75. The van der Waals surface area contributed by atoms with Gasteiger partial charge in [0.25, 0.3) is 5.56 Å². The number of nitrogens with two attached hydrogens (primary N) is 1. The van der Waals surface area contributed by atoms with Crippen LogP contribution in [0.5, 0.6) is 0 Å². The molecule has 2 atom stereocenters. The third-order valence-electron chi connectivity index (χ3n) is 3.16. The Kier molecular flexibility index (Phi) is 3.17. The number of nitrogen functional groups attached to an aromatic ring is 1. The third-order valence-corrected chi connectivity index (χ3v) is 3.16. The highest BCUT2D eigenvalue weighted by Gasteiger charge is 2.32. The molecule has 2 rings (SSSR count). The van der Waals surface area contributed by atoms with Gasteiger partial charge in [0.2, 0.25) is 5.91 Å². The summed E-state index contributed by atoms with van der Waals surface area (Å²) in [4.78, 5) is 23.0. The van der Waals surface area contributed by atoms with Gasteiger partial charge in [-0.25, -0.2) is 0 Å². The van der Waals surface area contributed by atoms with Crippen molar-refractivity contribution in [2.75, 3.05) is 12.3 Å². The minimum absolute atomic E-state index is 0.0327. The molecule has 0 saturated heterocycles. The van der Waals surface area contributed by atoms with E-state index in [1.807, 2.05) is 0 Å². The molecule has 0 aromatic carbocycles. The molecule has 17 heavy (non-hydrogen) atoms. The van der Waals surface area contributed by atoms with Crippen LogP contribution in [0.1, 0.15) is 13.3 Å². The summed E-state index contributed by atoms with van der Waals surface area (Å²) in [7, 11) is 0. The summed E-state index contributed by atoms with van der Waals surface area (Å²) in [6.45, 7) is 2.90. The topological polar surface area (TPSA) is 77.1 Å². The molecule has 0 bridgehead atoms. The number of amides is 1. The zero-order chi connectivity index (χ0) is 12.4. The van der Waals surface area contributed by atoms with Crippen LogP contribution < -0.4 is 16.6 Å². The Labute approximate surface area is 99.6 Å². The molecule has 0 aliphatic heterocycles. The van der Waals surface area contributed by atoms with Crippen LogP contribution >= 0.6 is 0 Å². The van der Waals surface area contributed by atoms with E-state index < -0.39 is 0 Å².